The van der Waals surface area contributed by atoms with Gasteiger partial charge in [0.1, 0.15) is 22.7 Å². The third-order valence-corrected chi connectivity index (χ3v) is 3.08. The number of rotatable bonds is 5. The van der Waals surface area contributed by atoms with Crippen LogP contribution in [0.3, 0.4) is 0 Å². The van der Waals surface area contributed by atoms with Crippen LogP contribution in [0, 0.1) is 5.41 Å². The highest BCUT2D eigenvalue weighted by Crippen LogP contribution is 2.21. The molecule has 0 aliphatic heterocycles. The minimum absolute atomic E-state index is 0.0194. The van der Waals surface area contributed by atoms with E-state index in [1.54, 1.807) is 20.9 Å². The molecule has 0 bridgehead atoms. The van der Waals surface area contributed by atoms with Gasteiger partial charge in [-0.1, -0.05) is 6.07 Å². The van der Waals surface area contributed by atoms with Crippen molar-refractivity contribution < 1.29 is 18.3 Å². The van der Waals surface area contributed by atoms with Crippen LogP contribution in [0.4, 0.5) is 14.6 Å². The van der Waals surface area contributed by atoms with Gasteiger partial charge >= 0.3 is 0 Å². The third-order valence-electron chi connectivity index (χ3n) is 3.08. The van der Waals surface area contributed by atoms with E-state index in [0.29, 0.717) is 0 Å². The minimum Gasteiger partial charge on any atom is -0.490 e. The lowest BCUT2D eigenvalue weighted by Crippen LogP contribution is -2.23. The Morgan fingerprint density at radius 2 is 2.08 bits per heavy atom. The molecule has 8 heteroatoms. The monoisotopic (exact) mass is 336 g/mol. The summed E-state index contributed by atoms with van der Waals surface area (Å²) in [6, 6.07) is 5.43. The third kappa shape index (κ3) is 4.15. The molecule has 0 aliphatic carbocycles. The Hall–Kier alpha value is -2.77. The van der Waals surface area contributed by atoms with Crippen molar-refractivity contribution in [2.24, 2.45) is 7.05 Å². The van der Waals surface area contributed by atoms with E-state index in [1.165, 1.54) is 35.0 Å². The van der Waals surface area contributed by atoms with Crippen LogP contribution in [0.5, 0.6) is 5.75 Å². The van der Waals surface area contributed by atoms with Crippen LogP contribution in [-0.4, -0.2) is 21.6 Å². The zero-order valence-corrected chi connectivity index (χ0v) is 13.5. The van der Waals surface area contributed by atoms with Crippen LogP contribution in [-0.2, 0) is 7.05 Å². The van der Waals surface area contributed by atoms with Gasteiger partial charge in [-0.05, 0) is 26.0 Å². The molecule has 128 valence electrons. The van der Waals surface area contributed by atoms with Crippen molar-refractivity contribution in [3.63, 3.8) is 0 Å². The van der Waals surface area contributed by atoms with Crippen LogP contribution in [0.1, 0.15) is 36.3 Å². The minimum atomic E-state index is -2.72. The number of nitrogens with one attached hydrogen (secondary N) is 2. The van der Waals surface area contributed by atoms with E-state index in [2.05, 4.69) is 10.3 Å². The molecule has 0 aromatic carbocycles. The highest BCUT2D eigenvalue weighted by molar-refractivity contribution is 6.05. The van der Waals surface area contributed by atoms with Crippen LogP contribution in [0.2, 0.25) is 0 Å². The highest BCUT2D eigenvalue weighted by Gasteiger charge is 2.17. The Balaban J connectivity index is 2.34. The summed E-state index contributed by atoms with van der Waals surface area (Å²) >= 11 is 0. The lowest BCUT2D eigenvalue weighted by molar-refractivity contribution is 0.101. The first-order chi connectivity index (χ1) is 11.3. The number of hydrogen-bond acceptors (Lipinski definition) is 4. The lowest BCUT2D eigenvalue weighted by atomic mass is 10.2. The average molecular weight is 336 g/mol. The van der Waals surface area contributed by atoms with Gasteiger partial charge < -0.3 is 14.6 Å². The molecule has 0 atom stereocenters. The van der Waals surface area contributed by atoms with Crippen LogP contribution < -0.4 is 15.5 Å². The molecule has 2 rings (SSSR count). The van der Waals surface area contributed by atoms with Crippen LogP contribution >= 0.6 is 0 Å². The van der Waals surface area contributed by atoms with Gasteiger partial charge in [-0.25, -0.2) is 13.8 Å². The number of carbonyl (C=O) groups is 1. The summed E-state index contributed by atoms with van der Waals surface area (Å²) in [5.41, 5.74) is -0.0648. The second kappa shape index (κ2) is 7.20. The van der Waals surface area contributed by atoms with Gasteiger partial charge in [-0.3, -0.25) is 10.2 Å². The molecule has 0 unspecified atom stereocenters. The molecule has 2 aromatic rings. The van der Waals surface area contributed by atoms with Crippen LogP contribution in [0.15, 0.2) is 30.5 Å². The number of hydrogen-bond donors (Lipinski definition) is 2. The van der Waals surface area contributed by atoms with Crippen molar-refractivity contribution in [3.05, 3.63) is 47.2 Å². The van der Waals surface area contributed by atoms with E-state index in [4.69, 9.17) is 10.1 Å². The Kier molecular flexibility index (Phi) is 5.28. The summed E-state index contributed by atoms with van der Waals surface area (Å²) in [7, 11) is 1.62. The van der Waals surface area contributed by atoms with Gasteiger partial charge in [-0.2, -0.15) is 0 Å². The number of aryl methyl sites for hydroxylation is 1. The summed E-state index contributed by atoms with van der Waals surface area (Å²) in [5, 5.41) is 10.3. The molecule has 24 heavy (non-hydrogen) atoms. The van der Waals surface area contributed by atoms with Crippen molar-refractivity contribution >= 4 is 11.7 Å². The smallest absolute Gasteiger partial charge is 0.280 e. The summed E-state index contributed by atoms with van der Waals surface area (Å²) < 4.78 is 32.4. The molecule has 0 radical (unpaired) electrons. The number of pyridine rings is 2. The van der Waals surface area contributed by atoms with Gasteiger partial charge in [0.15, 0.2) is 0 Å². The molecule has 0 aliphatic rings. The number of halogens is 2. The van der Waals surface area contributed by atoms with E-state index in [9.17, 15) is 13.6 Å². The SMILES string of the molecule is CC(C)Oc1cc(=N)n(C)cc1C(=O)Nc1cccc(C(F)F)n1. The fourth-order valence-corrected chi connectivity index (χ4v) is 1.98. The Morgan fingerprint density at radius 3 is 2.71 bits per heavy atom. The molecule has 0 spiro atoms. The highest BCUT2D eigenvalue weighted by atomic mass is 19.3. The second-order valence-electron chi connectivity index (χ2n) is 5.42. The Labute approximate surface area is 137 Å². The number of nitrogens with zero attached hydrogens (tertiary/aromatic N) is 2. The predicted octanol–water partition coefficient (Wildman–Crippen LogP) is 2.88. The Morgan fingerprint density at radius 1 is 1.38 bits per heavy atom. The maximum absolute atomic E-state index is 12.7. The first kappa shape index (κ1) is 17.6. The summed E-state index contributed by atoms with van der Waals surface area (Å²) in [6.07, 6.45) is -1.46. The number of amides is 1. The van der Waals surface area contributed by atoms with E-state index < -0.39 is 18.0 Å². The molecule has 0 fully saturated rings. The predicted molar refractivity (Wildman–Crippen MR) is 84.2 cm³/mol. The molecule has 2 aromatic heterocycles. The average Bonchev–Trinajstić information content (AvgIpc) is 2.50. The van der Waals surface area contributed by atoms with E-state index in [-0.39, 0.29) is 28.7 Å². The van der Waals surface area contributed by atoms with Crippen molar-refractivity contribution in [3.8, 4) is 5.75 Å². The molecular weight excluding hydrogens is 318 g/mol. The first-order valence-electron chi connectivity index (χ1n) is 7.26. The van der Waals surface area contributed by atoms with Crippen molar-refractivity contribution in [1.29, 1.82) is 5.41 Å². The Bertz CT molecular complexity index is 803. The molecule has 0 saturated heterocycles. The zero-order chi connectivity index (χ0) is 17.9. The number of anilines is 1. The summed E-state index contributed by atoms with van der Waals surface area (Å²) in [5.74, 6) is -0.290. The topological polar surface area (TPSA) is 80.0 Å². The molecule has 2 N–H and O–H groups in total. The largest absolute Gasteiger partial charge is 0.490 e. The molecule has 0 saturated carbocycles. The number of aromatic nitrogens is 2. The van der Waals surface area contributed by atoms with Gasteiger partial charge in [0, 0.05) is 19.3 Å². The van der Waals surface area contributed by atoms with Gasteiger partial charge in [0.25, 0.3) is 12.3 Å². The quantitative estimate of drug-likeness (QED) is 0.881. The van der Waals surface area contributed by atoms with Crippen molar-refractivity contribution in [2.45, 2.75) is 26.4 Å². The molecule has 2 heterocycles. The molecular formula is C16H18F2N4O2. The maximum atomic E-state index is 12.7. The number of carbonyl (C=O) groups excluding carboxylic acids is 1. The normalized spacial score (nSPS) is 11.0. The van der Waals surface area contributed by atoms with Crippen LogP contribution in [0.25, 0.3) is 0 Å². The molecule has 1 amide bonds. The first-order valence-corrected chi connectivity index (χ1v) is 7.26. The van der Waals surface area contributed by atoms with Gasteiger partial charge in [0.05, 0.1) is 11.7 Å². The van der Waals surface area contributed by atoms with Crippen molar-refractivity contribution in [1.82, 2.24) is 9.55 Å². The fourth-order valence-electron chi connectivity index (χ4n) is 1.98. The van der Waals surface area contributed by atoms with E-state index in [0.717, 1.165) is 0 Å². The number of alkyl halides is 2. The second-order valence-corrected chi connectivity index (χ2v) is 5.42. The van der Waals surface area contributed by atoms with Gasteiger partial charge in [-0.15, -0.1) is 0 Å². The zero-order valence-electron chi connectivity index (χ0n) is 13.5. The standard InChI is InChI=1S/C16H18F2N4O2/c1-9(2)24-12-7-13(19)22(3)8-10(12)16(23)21-14-6-4-5-11(20-14)15(17)18/h4-9,15,19H,1-3H3,(H,20,21,23). The van der Waals surface area contributed by atoms with Crippen molar-refractivity contribution in [2.75, 3.05) is 5.32 Å². The summed E-state index contributed by atoms with van der Waals surface area (Å²) in [6.45, 7) is 3.60. The number of ether oxygens (including phenoxy) is 1. The lowest BCUT2D eigenvalue weighted by Gasteiger charge is -2.15. The maximum Gasteiger partial charge on any atom is 0.280 e. The van der Waals surface area contributed by atoms with E-state index >= 15 is 0 Å². The van der Waals surface area contributed by atoms with Gasteiger partial charge in [0.2, 0.25) is 0 Å². The molecule has 6 nitrogen and oxygen atoms in total. The van der Waals surface area contributed by atoms with E-state index in [1.807, 2.05) is 0 Å². The fraction of sp³-hybridized carbons (Fsp3) is 0.312. The summed E-state index contributed by atoms with van der Waals surface area (Å²) in [4.78, 5) is 16.2.